The Bertz CT molecular complexity index is 415. The fourth-order valence-corrected chi connectivity index (χ4v) is 2.50. The topological polar surface area (TPSA) is 24.5 Å². The molecule has 1 heterocycles. The molecule has 1 aliphatic heterocycles. The monoisotopic (exact) mass is 262 g/mol. The van der Waals surface area contributed by atoms with E-state index in [2.05, 4.69) is 62.2 Å². The van der Waals surface area contributed by atoms with Crippen LogP contribution in [0.5, 0.6) is 0 Å². The van der Waals surface area contributed by atoms with E-state index in [0.717, 1.165) is 26.2 Å². The predicted molar refractivity (Wildman–Crippen MR) is 80.7 cm³/mol. The van der Waals surface area contributed by atoms with Gasteiger partial charge in [-0.1, -0.05) is 32.0 Å². The van der Waals surface area contributed by atoms with Gasteiger partial charge in [-0.2, -0.15) is 0 Å². The van der Waals surface area contributed by atoms with Gasteiger partial charge in [-0.05, 0) is 25.5 Å². The maximum Gasteiger partial charge on any atom is 0.0801 e. The first-order chi connectivity index (χ1) is 8.98. The maximum atomic E-state index is 5.80. The summed E-state index contributed by atoms with van der Waals surface area (Å²) in [5.41, 5.74) is 2.65. The van der Waals surface area contributed by atoms with Crippen LogP contribution in [-0.4, -0.2) is 31.3 Å². The molecule has 2 rings (SSSR count). The highest BCUT2D eigenvalue weighted by molar-refractivity contribution is 5.54. The quantitative estimate of drug-likeness (QED) is 0.903. The fraction of sp³-hybridized carbons (Fsp3) is 0.625. The summed E-state index contributed by atoms with van der Waals surface area (Å²) in [4.78, 5) is 2.45. The molecule has 19 heavy (non-hydrogen) atoms. The van der Waals surface area contributed by atoms with E-state index in [9.17, 15) is 0 Å². The Morgan fingerprint density at radius 1 is 1.32 bits per heavy atom. The zero-order valence-electron chi connectivity index (χ0n) is 12.6. The molecule has 106 valence electrons. The van der Waals surface area contributed by atoms with Gasteiger partial charge in [0.25, 0.3) is 0 Å². The van der Waals surface area contributed by atoms with Gasteiger partial charge < -0.3 is 15.0 Å². The highest BCUT2D eigenvalue weighted by Crippen LogP contribution is 2.26. The SMILES string of the molecule is CC(C)NCc1ccccc1N1CCOC(C)(C)C1. The van der Waals surface area contributed by atoms with Crippen LogP contribution >= 0.6 is 0 Å². The van der Waals surface area contributed by atoms with Crippen LogP contribution < -0.4 is 10.2 Å². The van der Waals surface area contributed by atoms with Crippen molar-refractivity contribution in [3.63, 3.8) is 0 Å². The molecule has 0 unspecified atom stereocenters. The normalized spacial score (nSPS) is 18.9. The molecule has 0 saturated carbocycles. The second kappa shape index (κ2) is 5.93. The van der Waals surface area contributed by atoms with Crippen LogP contribution in [0, 0.1) is 0 Å². The molecule has 1 aromatic carbocycles. The lowest BCUT2D eigenvalue weighted by Crippen LogP contribution is -2.48. The molecule has 1 aliphatic rings. The first-order valence-corrected chi connectivity index (χ1v) is 7.18. The van der Waals surface area contributed by atoms with E-state index in [1.807, 2.05) is 0 Å². The smallest absolute Gasteiger partial charge is 0.0801 e. The Kier molecular flexibility index (Phi) is 4.48. The molecule has 0 bridgehead atoms. The summed E-state index contributed by atoms with van der Waals surface area (Å²) in [6.07, 6.45) is 0. The first-order valence-electron chi connectivity index (χ1n) is 7.18. The van der Waals surface area contributed by atoms with E-state index < -0.39 is 0 Å². The zero-order chi connectivity index (χ0) is 13.9. The number of anilines is 1. The maximum absolute atomic E-state index is 5.80. The third-order valence-corrected chi connectivity index (χ3v) is 3.46. The first kappa shape index (κ1) is 14.4. The summed E-state index contributed by atoms with van der Waals surface area (Å²) in [5, 5.41) is 3.50. The molecule has 1 aromatic rings. The minimum atomic E-state index is -0.0587. The lowest BCUT2D eigenvalue weighted by atomic mass is 10.0. The summed E-state index contributed by atoms with van der Waals surface area (Å²) >= 11 is 0. The van der Waals surface area contributed by atoms with E-state index in [1.165, 1.54) is 11.3 Å². The molecule has 1 N–H and O–H groups in total. The van der Waals surface area contributed by atoms with Crippen molar-refractivity contribution >= 4 is 5.69 Å². The molecule has 0 radical (unpaired) electrons. The van der Waals surface area contributed by atoms with Crippen LogP contribution in [0.25, 0.3) is 0 Å². The number of nitrogens with zero attached hydrogens (tertiary/aromatic N) is 1. The number of para-hydroxylation sites is 1. The summed E-state index contributed by atoms with van der Waals surface area (Å²) in [6, 6.07) is 9.18. The molecular weight excluding hydrogens is 236 g/mol. The number of ether oxygens (including phenoxy) is 1. The molecular formula is C16H26N2O. The Morgan fingerprint density at radius 3 is 2.74 bits per heavy atom. The lowest BCUT2D eigenvalue weighted by Gasteiger charge is -2.40. The molecule has 0 atom stereocenters. The molecule has 0 aliphatic carbocycles. The predicted octanol–water partition coefficient (Wildman–Crippen LogP) is 2.80. The van der Waals surface area contributed by atoms with Crippen LogP contribution in [0.3, 0.4) is 0 Å². The average molecular weight is 262 g/mol. The molecule has 0 aromatic heterocycles. The van der Waals surface area contributed by atoms with Crippen LogP contribution in [0.2, 0.25) is 0 Å². The summed E-state index contributed by atoms with van der Waals surface area (Å²) in [6.45, 7) is 12.3. The number of benzene rings is 1. The highest BCUT2D eigenvalue weighted by atomic mass is 16.5. The van der Waals surface area contributed by atoms with Crippen LogP contribution in [0.15, 0.2) is 24.3 Å². The summed E-state index contributed by atoms with van der Waals surface area (Å²) in [7, 11) is 0. The van der Waals surface area contributed by atoms with Gasteiger partial charge in [-0.15, -0.1) is 0 Å². The van der Waals surface area contributed by atoms with Crippen molar-refractivity contribution in [3.05, 3.63) is 29.8 Å². The zero-order valence-corrected chi connectivity index (χ0v) is 12.6. The standard InChI is InChI=1S/C16H26N2O/c1-13(2)17-11-14-7-5-6-8-15(14)18-9-10-19-16(3,4)12-18/h5-8,13,17H,9-12H2,1-4H3. The summed E-state index contributed by atoms with van der Waals surface area (Å²) in [5.74, 6) is 0. The lowest BCUT2D eigenvalue weighted by molar-refractivity contribution is -0.0277. The Labute approximate surface area is 116 Å². The molecule has 1 saturated heterocycles. The second-order valence-corrected chi connectivity index (χ2v) is 6.19. The van der Waals surface area contributed by atoms with E-state index >= 15 is 0 Å². The molecule has 1 fully saturated rings. The van der Waals surface area contributed by atoms with Crippen LogP contribution in [0.1, 0.15) is 33.3 Å². The van der Waals surface area contributed by atoms with Crippen molar-refractivity contribution in [1.29, 1.82) is 0 Å². The van der Waals surface area contributed by atoms with E-state index in [0.29, 0.717) is 6.04 Å². The third kappa shape index (κ3) is 3.95. The van der Waals surface area contributed by atoms with Crippen LogP contribution in [0.4, 0.5) is 5.69 Å². The number of nitrogens with one attached hydrogen (secondary N) is 1. The largest absolute Gasteiger partial charge is 0.372 e. The van der Waals surface area contributed by atoms with Gasteiger partial charge in [0.2, 0.25) is 0 Å². The van der Waals surface area contributed by atoms with Gasteiger partial charge in [0.05, 0.1) is 12.2 Å². The Balaban J connectivity index is 2.14. The van der Waals surface area contributed by atoms with Gasteiger partial charge in [0, 0.05) is 31.4 Å². The number of morpholine rings is 1. The third-order valence-electron chi connectivity index (χ3n) is 3.46. The molecule has 3 nitrogen and oxygen atoms in total. The number of hydrogen-bond donors (Lipinski definition) is 1. The second-order valence-electron chi connectivity index (χ2n) is 6.19. The number of hydrogen-bond acceptors (Lipinski definition) is 3. The Morgan fingerprint density at radius 2 is 2.05 bits per heavy atom. The van der Waals surface area contributed by atoms with Crippen molar-refractivity contribution < 1.29 is 4.74 Å². The van der Waals surface area contributed by atoms with E-state index in [-0.39, 0.29) is 5.60 Å². The van der Waals surface area contributed by atoms with Gasteiger partial charge in [-0.3, -0.25) is 0 Å². The van der Waals surface area contributed by atoms with Crippen molar-refractivity contribution in [2.45, 2.75) is 45.9 Å². The van der Waals surface area contributed by atoms with Crippen molar-refractivity contribution in [1.82, 2.24) is 5.32 Å². The fourth-order valence-electron chi connectivity index (χ4n) is 2.50. The minimum Gasteiger partial charge on any atom is -0.372 e. The average Bonchev–Trinajstić information content (AvgIpc) is 2.35. The minimum absolute atomic E-state index is 0.0587. The van der Waals surface area contributed by atoms with Gasteiger partial charge in [-0.25, -0.2) is 0 Å². The molecule has 3 heteroatoms. The van der Waals surface area contributed by atoms with Crippen LogP contribution in [-0.2, 0) is 11.3 Å². The van der Waals surface area contributed by atoms with Crippen molar-refractivity contribution in [2.24, 2.45) is 0 Å². The summed E-state index contributed by atoms with van der Waals surface area (Å²) < 4.78 is 5.80. The van der Waals surface area contributed by atoms with E-state index in [1.54, 1.807) is 0 Å². The number of rotatable bonds is 4. The van der Waals surface area contributed by atoms with Gasteiger partial charge >= 0.3 is 0 Å². The van der Waals surface area contributed by atoms with Crippen molar-refractivity contribution in [2.75, 3.05) is 24.6 Å². The van der Waals surface area contributed by atoms with E-state index in [4.69, 9.17) is 4.74 Å². The molecule has 0 spiro atoms. The van der Waals surface area contributed by atoms with Crippen molar-refractivity contribution in [3.8, 4) is 0 Å². The van der Waals surface area contributed by atoms with Gasteiger partial charge in [0.15, 0.2) is 0 Å². The molecule has 0 amide bonds. The van der Waals surface area contributed by atoms with Gasteiger partial charge in [0.1, 0.15) is 0 Å². The highest BCUT2D eigenvalue weighted by Gasteiger charge is 2.28. The Hall–Kier alpha value is -1.06.